The molecule has 3 heterocycles. The number of aromatic nitrogens is 3. The maximum atomic E-state index is 11.7. The first-order valence-corrected chi connectivity index (χ1v) is 7.01. The first-order valence-electron chi connectivity index (χ1n) is 7.01. The van der Waals surface area contributed by atoms with Crippen molar-refractivity contribution >= 4 is 17.2 Å². The summed E-state index contributed by atoms with van der Waals surface area (Å²) in [4.78, 5) is 15.9. The van der Waals surface area contributed by atoms with E-state index in [0.29, 0.717) is 34.4 Å². The second-order valence-corrected chi connectivity index (χ2v) is 5.24. The molecule has 0 aliphatic carbocycles. The number of hydroxylamine groups is 1. The van der Waals surface area contributed by atoms with Crippen molar-refractivity contribution < 1.29 is 14.7 Å². The Morgan fingerprint density at radius 1 is 1.35 bits per heavy atom. The fourth-order valence-electron chi connectivity index (χ4n) is 2.59. The van der Waals surface area contributed by atoms with E-state index in [1.54, 1.807) is 41.2 Å². The molecular formula is C15H13N5O3. The summed E-state index contributed by atoms with van der Waals surface area (Å²) >= 11 is 0. The Hall–Kier alpha value is -2.97. The van der Waals surface area contributed by atoms with Crippen LogP contribution >= 0.6 is 0 Å². The van der Waals surface area contributed by atoms with Crippen LogP contribution in [-0.4, -0.2) is 31.8 Å². The minimum Gasteiger partial charge on any atom is -0.437 e. The van der Waals surface area contributed by atoms with Crippen molar-refractivity contribution in [2.75, 3.05) is 5.06 Å². The lowest BCUT2D eigenvalue weighted by Crippen LogP contribution is -2.47. The van der Waals surface area contributed by atoms with Crippen molar-refractivity contribution in [1.29, 1.82) is 0 Å². The molecule has 116 valence electrons. The molecule has 4 rings (SSSR count). The van der Waals surface area contributed by atoms with Gasteiger partial charge in [-0.3, -0.25) is 10.0 Å². The van der Waals surface area contributed by atoms with E-state index in [1.807, 2.05) is 6.07 Å². The quantitative estimate of drug-likeness (QED) is 0.687. The van der Waals surface area contributed by atoms with Crippen molar-refractivity contribution in [2.45, 2.75) is 12.5 Å². The molecule has 0 saturated heterocycles. The molecule has 0 spiro atoms. The van der Waals surface area contributed by atoms with Gasteiger partial charge >= 0.3 is 0 Å². The van der Waals surface area contributed by atoms with Gasteiger partial charge in [0.05, 0.1) is 17.9 Å². The van der Waals surface area contributed by atoms with E-state index in [1.165, 1.54) is 0 Å². The van der Waals surface area contributed by atoms with Gasteiger partial charge in [-0.05, 0) is 42.3 Å². The molecule has 1 amide bonds. The lowest BCUT2D eigenvalue weighted by Gasteiger charge is -2.27. The van der Waals surface area contributed by atoms with Crippen LogP contribution in [0.1, 0.15) is 5.56 Å². The fourth-order valence-corrected chi connectivity index (χ4v) is 2.59. The molecule has 1 atom stereocenters. The van der Waals surface area contributed by atoms with Crippen LogP contribution in [0.2, 0.25) is 0 Å². The maximum Gasteiger partial charge on any atom is 0.267 e. The lowest BCUT2D eigenvalue weighted by molar-refractivity contribution is -0.125. The van der Waals surface area contributed by atoms with Gasteiger partial charge in [-0.1, -0.05) is 0 Å². The Kier molecular flexibility index (Phi) is 3.00. The summed E-state index contributed by atoms with van der Waals surface area (Å²) < 4.78 is 7.38. The van der Waals surface area contributed by atoms with Gasteiger partial charge in [-0.25, -0.2) is 4.98 Å². The number of benzene rings is 1. The molecule has 1 aliphatic rings. The Morgan fingerprint density at radius 3 is 3.09 bits per heavy atom. The number of rotatable bonds is 2. The van der Waals surface area contributed by atoms with Crippen LogP contribution in [0.5, 0.6) is 11.6 Å². The van der Waals surface area contributed by atoms with Gasteiger partial charge < -0.3 is 10.5 Å². The third kappa shape index (κ3) is 2.20. The zero-order valence-electron chi connectivity index (χ0n) is 12.0. The summed E-state index contributed by atoms with van der Waals surface area (Å²) in [5.41, 5.74) is 7.56. The van der Waals surface area contributed by atoms with Crippen molar-refractivity contribution in [3.63, 3.8) is 0 Å². The van der Waals surface area contributed by atoms with Gasteiger partial charge in [-0.15, -0.1) is 0 Å². The molecule has 1 unspecified atom stereocenters. The molecule has 1 aromatic carbocycles. The van der Waals surface area contributed by atoms with Crippen LogP contribution in [0.4, 0.5) is 5.69 Å². The van der Waals surface area contributed by atoms with Crippen molar-refractivity contribution in [3.05, 3.63) is 48.3 Å². The third-order valence-corrected chi connectivity index (χ3v) is 3.71. The largest absolute Gasteiger partial charge is 0.437 e. The second-order valence-electron chi connectivity index (χ2n) is 5.24. The van der Waals surface area contributed by atoms with E-state index in [-0.39, 0.29) is 0 Å². The Labute approximate surface area is 130 Å². The summed E-state index contributed by atoms with van der Waals surface area (Å²) in [6, 6.07) is 7.87. The SMILES string of the molecule is NC1Cc2cc(Oc3cnc4cccnn34)ccc2N(O)C1=O. The first-order chi connectivity index (χ1) is 11.1. The number of fused-ring (bicyclic) bond motifs is 2. The van der Waals surface area contributed by atoms with Crippen LogP contribution in [0.15, 0.2) is 42.7 Å². The lowest BCUT2D eigenvalue weighted by atomic mass is 9.99. The second kappa shape index (κ2) is 5.04. The molecule has 8 nitrogen and oxygen atoms in total. The van der Waals surface area contributed by atoms with Crippen LogP contribution in [-0.2, 0) is 11.2 Å². The predicted octanol–water partition coefficient (Wildman–Crippen LogP) is 1.13. The number of anilines is 1. The van der Waals surface area contributed by atoms with E-state index in [4.69, 9.17) is 10.5 Å². The molecule has 0 fully saturated rings. The smallest absolute Gasteiger partial charge is 0.267 e. The number of carbonyl (C=O) groups excluding carboxylic acids is 1. The standard InChI is InChI=1S/C15H13N5O3/c16-11-7-9-6-10(3-4-12(9)20(22)15(11)21)23-14-8-17-13-2-1-5-18-19(13)14/h1-6,8,11,22H,7,16H2. The van der Waals surface area contributed by atoms with Gasteiger partial charge in [0, 0.05) is 6.20 Å². The summed E-state index contributed by atoms with van der Waals surface area (Å²) in [7, 11) is 0. The van der Waals surface area contributed by atoms with Crippen molar-refractivity contribution in [1.82, 2.24) is 14.6 Å². The number of carbonyl (C=O) groups is 1. The van der Waals surface area contributed by atoms with Crippen LogP contribution in [0.25, 0.3) is 5.65 Å². The fraction of sp³-hybridized carbons (Fsp3) is 0.133. The molecule has 0 saturated carbocycles. The molecule has 23 heavy (non-hydrogen) atoms. The van der Waals surface area contributed by atoms with E-state index >= 15 is 0 Å². The highest BCUT2D eigenvalue weighted by Gasteiger charge is 2.29. The zero-order chi connectivity index (χ0) is 16.0. The molecule has 8 heteroatoms. The molecule has 1 aliphatic heterocycles. The van der Waals surface area contributed by atoms with Crippen LogP contribution in [0.3, 0.4) is 0 Å². The maximum absolute atomic E-state index is 11.7. The first kappa shape index (κ1) is 13.7. The minimum absolute atomic E-state index is 0.341. The number of hydrogen-bond acceptors (Lipinski definition) is 6. The van der Waals surface area contributed by atoms with E-state index in [9.17, 15) is 10.0 Å². The molecule has 3 N–H and O–H groups in total. The number of nitrogens with two attached hydrogens (primary N) is 1. The number of amides is 1. The number of hydrogen-bond donors (Lipinski definition) is 2. The average Bonchev–Trinajstić information content (AvgIpc) is 2.96. The van der Waals surface area contributed by atoms with Gasteiger partial charge in [0.2, 0.25) is 5.88 Å². The van der Waals surface area contributed by atoms with E-state index in [0.717, 1.165) is 5.56 Å². The summed E-state index contributed by atoms with van der Waals surface area (Å²) in [6.07, 6.45) is 3.56. The van der Waals surface area contributed by atoms with Gasteiger partial charge in [0.1, 0.15) is 5.75 Å². The summed E-state index contributed by atoms with van der Waals surface area (Å²) in [5.74, 6) is 0.501. The summed E-state index contributed by atoms with van der Waals surface area (Å²) in [5, 5.41) is 14.6. The van der Waals surface area contributed by atoms with E-state index in [2.05, 4.69) is 10.1 Å². The molecule has 3 aromatic rings. The van der Waals surface area contributed by atoms with Crippen LogP contribution in [0, 0.1) is 0 Å². The zero-order valence-corrected chi connectivity index (χ0v) is 12.0. The molecule has 0 radical (unpaired) electrons. The highest BCUT2D eigenvalue weighted by molar-refractivity contribution is 5.98. The topological polar surface area (TPSA) is 106 Å². The normalized spacial score (nSPS) is 17.4. The third-order valence-electron chi connectivity index (χ3n) is 3.71. The predicted molar refractivity (Wildman–Crippen MR) is 80.5 cm³/mol. The number of nitrogens with zero attached hydrogens (tertiary/aromatic N) is 4. The minimum atomic E-state index is -0.764. The number of ether oxygens (including phenoxy) is 1. The Morgan fingerprint density at radius 2 is 2.22 bits per heavy atom. The summed E-state index contributed by atoms with van der Waals surface area (Å²) in [6.45, 7) is 0. The monoisotopic (exact) mass is 311 g/mol. The average molecular weight is 311 g/mol. The molecular weight excluding hydrogens is 298 g/mol. The van der Waals surface area contributed by atoms with E-state index < -0.39 is 11.9 Å². The molecule has 2 aromatic heterocycles. The Bertz CT molecular complexity index is 907. The van der Waals surface area contributed by atoms with Crippen LogP contribution < -0.4 is 15.5 Å². The highest BCUT2D eigenvalue weighted by Crippen LogP contribution is 2.31. The Balaban J connectivity index is 1.69. The number of imidazole rings is 1. The molecule has 0 bridgehead atoms. The van der Waals surface area contributed by atoms with Gasteiger partial charge in [0.15, 0.2) is 5.65 Å². The van der Waals surface area contributed by atoms with Gasteiger partial charge in [0.25, 0.3) is 5.91 Å². The van der Waals surface area contributed by atoms with Crippen molar-refractivity contribution in [2.24, 2.45) is 5.73 Å². The van der Waals surface area contributed by atoms with Gasteiger partial charge in [-0.2, -0.15) is 14.7 Å². The highest BCUT2D eigenvalue weighted by atomic mass is 16.5. The van der Waals surface area contributed by atoms with Crippen molar-refractivity contribution in [3.8, 4) is 11.6 Å².